The van der Waals surface area contributed by atoms with E-state index in [1.54, 1.807) is 7.11 Å². The van der Waals surface area contributed by atoms with Crippen molar-refractivity contribution in [2.75, 3.05) is 26.8 Å². The molecule has 0 spiro atoms. The van der Waals surface area contributed by atoms with Gasteiger partial charge in [-0.3, -0.25) is 0 Å². The number of carbonyl (C=O) groups excluding carboxylic acids is 1. The highest BCUT2D eigenvalue weighted by molar-refractivity contribution is 5.76. The lowest BCUT2D eigenvalue weighted by molar-refractivity contribution is -0.146. The van der Waals surface area contributed by atoms with Crippen LogP contribution in [0.1, 0.15) is 12.8 Å². The predicted octanol–water partition coefficient (Wildman–Crippen LogP) is -0.842. The van der Waals surface area contributed by atoms with E-state index in [-0.39, 0.29) is 6.54 Å². The molecule has 1 unspecified atom stereocenters. The number of nitrogens with one attached hydrogen (secondary N) is 2. The van der Waals surface area contributed by atoms with Gasteiger partial charge in [0.05, 0.1) is 6.54 Å². The van der Waals surface area contributed by atoms with Gasteiger partial charge >= 0.3 is 12.0 Å². The highest BCUT2D eigenvalue weighted by Crippen LogP contribution is 1.86. The van der Waals surface area contributed by atoms with Gasteiger partial charge in [-0.1, -0.05) is 0 Å². The number of carboxylic acids is 1. The number of carboxylic acid groups (broad SMARTS) is 1. The van der Waals surface area contributed by atoms with Gasteiger partial charge in [-0.2, -0.15) is 0 Å². The van der Waals surface area contributed by atoms with E-state index in [0.29, 0.717) is 13.2 Å². The molecule has 0 aliphatic rings. The number of urea groups is 1. The van der Waals surface area contributed by atoms with Gasteiger partial charge in [0.1, 0.15) is 0 Å². The number of ether oxygens (including phenoxy) is 1. The van der Waals surface area contributed by atoms with Gasteiger partial charge in [-0.05, 0) is 12.8 Å². The summed E-state index contributed by atoms with van der Waals surface area (Å²) in [5.74, 6) is -1.36. The lowest BCUT2D eigenvalue weighted by atomic mass is 10.3. The largest absolute Gasteiger partial charge is 0.479 e. The molecule has 16 heavy (non-hydrogen) atoms. The fourth-order valence-corrected chi connectivity index (χ4v) is 0.913. The molecule has 0 rings (SSSR count). The van der Waals surface area contributed by atoms with E-state index in [1.807, 2.05) is 0 Å². The Kier molecular flexibility index (Phi) is 8.18. The number of methoxy groups -OCH3 is 1. The second kappa shape index (κ2) is 8.93. The van der Waals surface area contributed by atoms with E-state index in [4.69, 9.17) is 14.9 Å². The third-order valence-electron chi connectivity index (χ3n) is 1.80. The first kappa shape index (κ1) is 14.7. The summed E-state index contributed by atoms with van der Waals surface area (Å²) in [7, 11) is 1.60. The first-order chi connectivity index (χ1) is 7.57. The van der Waals surface area contributed by atoms with Crippen molar-refractivity contribution in [2.45, 2.75) is 18.9 Å². The normalized spacial score (nSPS) is 11.9. The van der Waals surface area contributed by atoms with Crippen molar-refractivity contribution in [1.29, 1.82) is 0 Å². The van der Waals surface area contributed by atoms with E-state index in [9.17, 15) is 9.59 Å². The molecule has 0 aromatic heterocycles. The maximum Gasteiger partial charge on any atom is 0.334 e. The van der Waals surface area contributed by atoms with Crippen molar-refractivity contribution in [1.82, 2.24) is 10.6 Å². The Hall–Kier alpha value is -1.34. The van der Waals surface area contributed by atoms with Crippen molar-refractivity contribution in [3.63, 3.8) is 0 Å². The van der Waals surface area contributed by atoms with Crippen LogP contribution < -0.4 is 10.6 Å². The molecule has 0 aromatic carbocycles. The molecule has 0 aromatic rings. The molecule has 0 fully saturated rings. The van der Waals surface area contributed by atoms with Crippen molar-refractivity contribution in [3.05, 3.63) is 0 Å². The van der Waals surface area contributed by atoms with E-state index in [0.717, 1.165) is 12.8 Å². The number of rotatable bonds is 8. The molecule has 7 heteroatoms. The first-order valence-electron chi connectivity index (χ1n) is 4.99. The van der Waals surface area contributed by atoms with Crippen LogP contribution in [0.4, 0.5) is 4.79 Å². The van der Waals surface area contributed by atoms with Crippen LogP contribution >= 0.6 is 0 Å². The van der Waals surface area contributed by atoms with Gasteiger partial charge < -0.3 is 25.6 Å². The number of aliphatic hydroxyl groups is 1. The second-order valence-electron chi connectivity index (χ2n) is 3.19. The predicted molar refractivity (Wildman–Crippen MR) is 56.2 cm³/mol. The Morgan fingerprint density at radius 1 is 1.31 bits per heavy atom. The highest BCUT2D eigenvalue weighted by Gasteiger charge is 2.13. The molecule has 0 radical (unpaired) electrons. The Balaban J connectivity index is 3.41. The molecule has 0 aliphatic carbocycles. The number of hydrogen-bond acceptors (Lipinski definition) is 4. The number of aliphatic hydroxyl groups excluding tert-OH is 1. The molecule has 94 valence electrons. The van der Waals surface area contributed by atoms with E-state index >= 15 is 0 Å². The SMILES string of the molecule is COCCCCNC(=O)NCC(O)C(=O)O. The van der Waals surface area contributed by atoms with Gasteiger partial charge in [0.25, 0.3) is 0 Å². The summed E-state index contributed by atoms with van der Waals surface area (Å²) < 4.78 is 4.83. The van der Waals surface area contributed by atoms with Gasteiger partial charge in [0.2, 0.25) is 0 Å². The third-order valence-corrected chi connectivity index (χ3v) is 1.80. The zero-order valence-electron chi connectivity index (χ0n) is 9.23. The lowest BCUT2D eigenvalue weighted by Gasteiger charge is -2.09. The molecule has 7 nitrogen and oxygen atoms in total. The number of hydrogen-bond donors (Lipinski definition) is 4. The molecule has 0 bridgehead atoms. The van der Waals surface area contributed by atoms with Crippen LogP contribution in [0.2, 0.25) is 0 Å². The molecule has 4 N–H and O–H groups in total. The quantitative estimate of drug-likeness (QED) is 0.409. The molecular formula is C9H18N2O5. The molecule has 0 aliphatic heterocycles. The summed E-state index contributed by atoms with van der Waals surface area (Å²) in [6.07, 6.45) is 0.0521. The van der Waals surface area contributed by atoms with Crippen LogP contribution in [0.25, 0.3) is 0 Å². The third kappa shape index (κ3) is 8.01. The number of unbranched alkanes of at least 4 members (excludes halogenated alkanes) is 1. The standard InChI is InChI=1S/C9H18N2O5/c1-16-5-3-2-4-10-9(15)11-6-7(12)8(13)14/h7,12H,2-6H2,1H3,(H,13,14)(H2,10,11,15). The number of amides is 2. The van der Waals surface area contributed by atoms with Crippen LogP contribution in [0.3, 0.4) is 0 Å². The zero-order chi connectivity index (χ0) is 12.4. The minimum absolute atomic E-state index is 0.306. The number of carbonyl (C=O) groups is 2. The van der Waals surface area contributed by atoms with E-state index < -0.39 is 18.1 Å². The average molecular weight is 234 g/mol. The molecule has 2 amide bonds. The highest BCUT2D eigenvalue weighted by atomic mass is 16.5. The molecule has 0 heterocycles. The van der Waals surface area contributed by atoms with Gasteiger partial charge in [-0.15, -0.1) is 0 Å². The topological polar surface area (TPSA) is 108 Å². The van der Waals surface area contributed by atoms with E-state index in [1.165, 1.54) is 0 Å². The Morgan fingerprint density at radius 2 is 2.00 bits per heavy atom. The van der Waals surface area contributed by atoms with Crippen molar-refractivity contribution in [3.8, 4) is 0 Å². The Bertz CT molecular complexity index is 222. The first-order valence-corrected chi connectivity index (χ1v) is 4.99. The van der Waals surface area contributed by atoms with Gasteiger partial charge in [0.15, 0.2) is 6.10 Å². The van der Waals surface area contributed by atoms with Crippen LogP contribution in [0, 0.1) is 0 Å². The summed E-state index contributed by atoms with van der Waals surface area (Å²) >= 11 is 0. The summed E-state index contributed by atoms with van der Waals surface area (Å²) in [6, 6.07) is -0.488. The fraction of sp³-hybridized carbons (Fsp3) is 0.778. The minimum atomic E-state index is -1.57. The molecule has 1 atom stereocenters. The molecule has 0 saturated carbocycles. The molecule has 0 saturated heterocycles. The van der Waals surface area contributed by atoms with Crippen molar-refractivity contribution in [2.24, 2.45) is 0 Å². The summed E-state index contributed by atoms with van der Waals surface area (Å²) in [5.41, 5.74) is 0. The maximum absolute atomic E-state index is 11.0. The second-order valence-corrected chi connectivity index (χ2v) is 3.19. The summed E-state index contributed by atoms with van der Waals surface area (Å²) in [5, 5.41) is 22.0. The lowest BCUT2D eigenvalue weighted by Crippen LogP contribution is -2.42. The zero-order valence-corrected chi connectivity index (χ0v) is 9.23. The van der Waals surface area contributed by atoms with Crippen molar-refractivity contribution >= 4 is 12.0 Å². The number of aliphatic carboxylic acids is 1. The van der Waals surface area contributed by atoms with Crippen LogP contribution in [0.15, 0.2) is 0 Å². The Morgan fingerprint density at radius 3 is 2.56 bits per heavy atom. The fourth-order valence-electron chi connectivity index (χ4n) is 0.913. The smallest absolute Gasteiger partial charge is 0.334 e. The Labute approximate surface area is 93.8 Å². The van der Waals surface area contributed by atoms with Crippen LogP contribution in [0.5, 0.6) is 0 Å². The van der Waals surface area contributed by atoms with Crippen LogP contribution in [-0.2, 0) is 9.53 Å². The summed E-state index contributed by atoms with van der Waals surface area (Å²) in [4.78, 5) is 21.3. The van der Waals surface area contributed by atoms with Crippen LogP contribution in [-0.4, -0.2) is 55.1 Å². The minimum Gasteiger partial charge on any atom is -0.479 e. The summed E-state index contributed by atoms with van der Waals surface area (Å²) in [6.45, 7) is 0.818. The van der Waals surface area contributed by atoms with Gasteiger partial charge in [0, 0.05) is 20.3 Å². The molecular weight excluding hydrogens is 216 g/mol. The monoisotopic (exact) mass is 234 g/mol. The average Bonchev–Trinajstić information content (AvgIpc) is 2.25. The van der Waals surface area contributed by atoms with Gasteiger partial charge in [-0.25, -0.2) is 9.59 Å². The van der Waals surface area contributed by atoms with E-state index in [2.05, 4.69) is 10.6 Å². The van der Waals surface area contributed by atoms with Crippen molar-refractivity contribution < 1.29 is 24.5 Å². The maximum atomic E-state index is 11.0.